The lowest BCUT2D eigenvalue weighted by Crippen LogP contribution is -2.17. The van der Waals surface area contributed by atoms with E-state index in [0.717, 1.165) is 28.8 Å². The number of H-pyrrole nitrogens is 1. The van der Waals surface area contributed by atoms with E-state index in [9.17, 15) is 4.79 Å². The predicted molar refractivity (Wildman–Crippen MR) is 98.7 cm³/mol. The lowest BCUT2D eigenvalue weighted by atomic mass is 10.1. The second-order valence-electron chi connectivity index (χ2n) is 6.11. The summed E-state index contributed by atoms with van der Waals surface area (Å²) in [4.78, 5) is 15.3. The van der Waals surface area contributed by atoms with E-state index in [4.69, 9.17) is 9.47 Å². The molecule has 0 radical (unpaired) electrons. The third-order valence-electron chi connectivity index (χ3n) is 4.43. The Hall–Kier alpha value is -2.95. The standard InChI is InChI=1S/C20H20N2O3/c1-2-13-3-5-16(6-4-13)21-12-15-9-14-10-18-19(25-8-7-24-18)11-17(14)22-20(15)23/h3-6,9-11,21H,2,7-8,12H2,1H3,(H,22,23). The van der Waals surface area contributed by atoms with Crippen LogP contribution < -0.4 is 20.3 Å². The van der Waals surface area contributed by atoms with Crippen LogP contribution in [0.25, 0.3) is 10.9 Å². The van der Waals surface area contributed by atoms with Gasteiger partial charge >= 0.3 is 0 Å². The highest BCUT2D eigenvalue weighted by molar-refractivity contribution is 5.83. The SMILES string of the molecule is CCc1ccc(NCc2cc3cc4c(cc3[nH]c2=O)OCCO4)cc1. The van der Waals surface area contributed by atoms with Gasteiger partial charge in [-0.1, -0.05) is 19.1 Å². The van der Waals surface area contributed by atoms with Crippen LogP contribution >= 0.6 is 0 Å². The molecule has 0 saturated heterocycles. The molecule has 5 heteroatoms. The molecular weight excluding hydrogens is 316 g/mol. The Labute approximate surface area is 145 Å². The summed E-state index contributed by atoms with van der Waals surface area (Å²) >= 11 is 0. The topological polar surface area (TPSA) is 63.4 Å². The highest BCUT2D eigenvalue weighted by atomic mass is 16.6. The van der Waals surface area contributed by atoms with Crippen molar-refractivity contribution < 1.29 is 9.47 Å². The van der Waals surface area contributed by atoms with Crippen LogP contribution in [0.2, 0.25) is 0 Å². The van der Waals surface area contributed by atoms with E-state index < -0.39 is 0 Å². The van der Waals surface area contributed by atoms with Gasteiger partial charge in [-0.25, -0.2) is 0 Å². The largest absolute Gasteiger partial charge is 0.486 e. The van der Waals surface area contributed by atoms with E-state index in [0.29, 0.717) is 31.1 Å². The minimum atomic E-state index is -0.0955. The van der Waals surface area contributed by atoms with Crippen LogP contribution in [0.15, 0.2) is 47.3 Å². The smallest absolute Gasteiger partial charge is 0.253 e. The molecule has 0 atom stereocenters. The molecule has 0 bridgehead atoms. The van der Waals surface area contributed by atoms with Gasteiger partial charge in [0.2, 0.25) is 0 Å². The number of aromatic nitrogens is 1. The molecule has 0 saturated carbocycles. The van der Waals surface area contributed by atoms with Gasteiger partial charge < -0.3 is 19.8 Å². The van der Waals surface area contributed by atoms with Crippen LogP contribution in [0.5, 0.6) is 11.5 Å². The van der Waals surface area contributed by atoms with Gasteiger partial charge in [0.15, 0.2) is 11.5 Å². The third kappa shape index (κ3) is 3.18. The van der Waals surface area contributed by atoms with Gasteiger partial charge in [0, 0.05) is 29.2 Å². The van der Waals surface area contributed by atoms with Crippen LogP contribution in [-0.4, -0.2) is 18.2 Å². The molecule has 0 unspecified atom stereocenters. The maximum Gasteiger partial charge on any atom is 0.253 e. The number of hydrogen-bond donors (Lipinski definition) is 2. The van der Waals surface area contributed by atoms with Crippen molar-refractivity contribution in [1.29, 1.82) is 0 Å². The zero-order valence-electron chi connectivity index (χ0n) is 14.1. The van der Waals surface area contributed by atoms with Crippen LogP contribution in [0, 0.1) is 0 Å². The number of pyridine rings is 1. The number of hydrogen-bond acceptors (Lipinski definition) is 4. The summed E-state index contributed by atoms with van der Waals surface area (Å²) in [6.45, 7) is 3.67. The maximum absolute atomic E-state index is 12.4. The molecule has 1 aromatic heterocycles. The first-order valence-electron chi connectivity index (χ1n) is 8.51. The van der Waals surface area contributed by atoms with Crippen molar-refractivity contribution >= 4 is 16.6 Å². The van der Waals surface area contributed by atoms with Gasteiger partial charge in [-0.05, 0) is 36.2 Å². The van der Waals surface area contributed by atoms with Gasteiger partial charge in [0.1, 0.15) is 13.2 Å². The normalized spacial score (nSPS) is 13.0. The molecule has 1 aliphatic heterocycles. The molecule has 128 valence electrons. The predicted octanol–water partition coefficient (Wildman–Crippen LogP) is 3.47. The molecule has 3 aromatic rings. The number of aromatic amines is 1. The van der Waals surface area contributed by atoms with Crippen LogP contribution in [0.4, 0.5) is 5.69 Å². The minimum absolute atomic E-state index is 0.0955. The van der Waals surface area contributed by atoms with Crippen molar-refractivity contribution in [2.45, 2.75) is 19.9 Å². The second kappa shape index (κ2) is 6.51. The molecule has 0 fully saturated rings. The quantitative estimate of drug-likeness (QED) is 0.766. The van der Waals surface area contributed by atoms with E-state index >= 15 is 0 Å². The molecule has 0 aliphatic carbocycles. The van der Waals surface area contributed by atoms with Gasteiger partial charge in [0.05, 0.1) is 5.52 Å². The summed E-state index contributed by atoms with van der Waals surface area (Å²) < 4.78 is 11.2. The monoisotopic (exact) mass is 336 g/mol. The number of ether oxygens (including phenoxy) is 2. The third-order valence-corrected chi connectivity index (χ3v) is 4.43. The Balaban J connectivity index is 1.60. The number of nitrogens with one attached hydrogen (secondary N) is 2. The van der Waals surface area contributed by atoms with E-state index in [-0.39, 0.29) is 5.56 Å². The van der Waals surface area contributed by atoms with Gasteiger partial charge in [-0.2, -0.15) is 0 Å². The molecule has 5 nitrogen and oxygen atoms in total. The Morgan fingerprint density at radius 3 is 2.48 bits per heavy atom. The number of benzene rings is 2. The zero-order valence-corrected chi connectivity index (χ0v) is 14.1. The Morgan fingerprint density at radius 1 is 1.04 bits per heavy atom. The fraction of sp³-hybridized carbons (Fsp3) is 0.250. The highest BCUT2D eigenvalue weighted by Crippen LogP contribution is 2.33. The van der Waals surface area contributed by atoms with Crippen molar-refractivity contribution in [2.24, 2.45) is 0 Å². The summed E-state index contributed by atoms with van der Waals surface area (Å²) in [5, 5.41) is 4.24. The average Bonchev–Trinajstić information content (AvgIpc) is 2.65. The molecular formula is C20H20N2O3. The summed E-state index contributed by atoms with van der Waals surface area (Å²) in [6, 6.07) is 13.9. The average molecular weight is 336 g/mol. The number of anilines is 1. The van der Waals surface area contributed by atoms with Gasteiger partial charge in [-0.3, -0.25) is 4.79 Å². The van der Waals surface area contributed by atoms with Crippen molar-refractivity contribution in [2.75, 3.05) is 18.5 Å². The Kier molecular flexibility index (Phi) is 4.06. The Bertz CT molecular complexity index is 961. The first-order chi connectivity index (χ1) is 12.2. The van der Waals surface area contributed by atoms with Crippen molar-refractivity contribution in [3.05, 3.63) is 63.9 Å². The fourth-order valence-corrected chi connectivity index (χ4v) is 2.97. The van der Waals surface area contributed by atoms with Gasteiger partial charge in [-0.15, -0.1) is 0 Å². The van der Waals surface area contributed by atoms with E-state index in [1.165, 1.54) is 5.56 Å². The molecule has 2 N–H and O–H groups in total. The zero-order chi connectivity index (χ0) is 17.2. The molecule has 2 heterocycles. The van der Waals surface area contributed by atoms with Crippen molar-refractivity contribution in [1.82, 2.24) is 4.98 Å². The molecule has 2 aromatic carbocycles. The minimum Gasteiger partial charge on any atom is -0.486 e. The molecule has 1 aliphatic rings. The summed E-state index contributed by atoms with van der Waals surface area (Å²) in [6.07, 6.45) is 1.01. The van der Waals surface area contributed by atoms with Gasteiger partial charge in [0.25, 0.3) is 5.56 Å². The lowest BCUT2D eigenvalue weighted by Gasteiger charge is -2.19. The molecule has 0 amide bonds. The van der Waals surface area contributed by atoms with E-state index in [2.05, 4.69) is 29.4 Å². The molecule has 4 rings (SSSR count). The van der Waals surface area contributed by atoms with E-state index in [1.54, 1.807) is 0 Å². The lowest BCUT2D eigenvalue weighted by molar-refractivity contribution is 0.172. The van der Waals surface area contributed by atoms with Crippen molar-refractivity contribution in [3.8, 4) is 11.5 Å². The summed E-state index contributed by atoms with van der Waals surface area (Å²) in [7, 11) is 0. The first kappa shape index (κ1) is 15.6. The summed E-state index contributed by atoms with van der Waals surface area (Å²) in [5.41, 5.74) is 3.64. The second-order valence-corrected chi connectivity index (χ2v) is 6.11. The highest BCUT2D eigenvalue weighted by Gasteiger charge is 2.14. The summed E-state index contributed by atoms with van der Waals surface area (Å²) in [5.74, 6) is 1.40. The fourth-order valence-electron chi connectivity index (χ4n) is 2.97. The molecule has 25 heavy (non-hydrogen) atoms. The van der Waals surface area contributed by atoms with E-state index in [1.807, 2.05) is 30.3 Å². The van der Waals surface area contributed by atoms with Crippen molar-refractivity contribution in [3.63, 3.8) is 0 Å². The first-order valence-corrected chi connectivity index (χ1v) is 8.51. The maximum atomic E-state index is 12.4. The molecule has 0 spiro atoms. The van der Waals surface area contributed by atoms with Crippen LogP contribution in [0.1, 0.15) is 18.1 Å². The van der Waals surface area contributed by atoms with Crippen LogP contribution in [0.3, 0.4) is 0 Å². The number of fused-ring (bicyclic) bond motifs is 2. The van der Waals surface area contributed by atoms with Crippen LogP contribution in [-0.2, 0) is 13.0 Å². The Morgan fingerprint density at radius 2 is 1.76 bits per heavy atom. The number of aryl methyl sites for hydroxylation is 1. The number of rotatable bonds is 4.